The molecular formula is C21H24N4OS. The van der Waals surface area contributed by atoms with Gasteiger partial charge in [0.05, 0.1) is 5.75 Å². The molecule has 1 aromatic heterocycles. The zero-order valence-electron chi connectivity index (χ0n) is 15.7. The summed E-state index contributed by atoms with van der Waals surface area (Å²) in [5.41, 5.74) is 2.17. The third-order valence-electron chi connectivity index (χ3n) is 4.34. The predicted octanol–water partition coefficient (Wildman–Crippen LogP) is 4.11. The minimum atomic E-state index is 0.110. The van der Waals surface area contributed by atoms with E-state index in [2.05, 4.69) is 21.7 Å². The number of hydrogen-bond donors (Lipinski definition) is 0. The Bertz CT molecular complexity index is 864. The highest BCUT2D eigenvalue weighted by Gasteiger charge is 2.17. The van der Waals surface area contributed by atoms with Crippen molar-refractivity contribution < 1.29 is 4.79 Å². The second kappa shape index (κ2) is 9.37. The van der Waals surface area contributed by atoms with Crippen molar-refractivity contribution >= 4 is 17.7 Å². The van der Waals surface area contributed by atoms with Crippen LogP contribution in [0, 0.1) is 0 Å². The molecule has 5 nitrogen and oxygen atoms in total. The molecule has 3 aromatic rings. The fourth-order valence-electron chi connectivity index (χ4n) is 2.88. The van der Waals surface area contributed by atoms with Gasteiger partial charge in [0.2, 0.25) is 5.91 Å². The van der Waals surface area contributed by atoms with Gasteiger partial charge in [0.25, 0.3) is 0 Å². The highest BCUT2D eigenvalue weighted by molar-refractivity contribution is 7.99. The van der Waals surface area contributed by atoms with Crippen molar-refractivity contribution in [1.29, 1.82) is 0 Å². The molecule has 27 heavy (non-hydrogen) atoms. The molecule has 1 amide bonds. The van der Waals surface area contributed by atoms with Crippen LogP contribution in [0.25, 0.3) is 11.4 Å². The summed E-state index contributed by atoms with van der Waals surface area (Å²) >= 11 is 1.45. The van der Waals surface area contributed by atoms with Gasteiger partial charge in [-0.25, -0.2) is 0 Å². The molecule has 3 rings (SSSR count). The van der Waals surface area contributed by atoms with E-state index in [4.69, 9.17) is 0 Å². The van der Waals surface area contributed by atoms with Crippen LogP contribution in [-0.2, 0) is 17.9 Å². The summed E-state index contributed by atoms with van der Waals surface area (Å²) in [4.78, 5) is 14.5. The van der Waals surface area contributed by atoms with E-state index in [0.717, 1.165) is 28.7 Å². The second-order valence-corrected chi connectivity index (χ2v) is 7.04. The molecule has 2 aromatic carbocycles. The van der Waals surface area contributed by atoms with Crippen LogP contribution in [0.15, 0.2) is 65.8 Å². The Kier molecular flexibility index (Phi) is 6.65. The lowest BCUT2D eigenvalue weighted by Crippen LogP contribution is -2.31. The first-order valence-corrected chi connectivity index (χ1v) is 10.1. The van der Waals surface area contributed by atoms with Crippen molar-refractivity contribution in [3.8, 4) is 11.4 Å². The molecular weight excluding hydrogens is 356 g/mol. The second-order valence-electron chi connectivity index (χ2n) is 6.10. The molecule has 0 aliphatic carbocycles. The molecule has 140 valence electrons. The van der Waals surface area contributed by atoms with E-state index in [1.54, 1.807) is 0 Å². The molecule has 6 heteroatoms. The molecule has 0 spiro atoms. The van der Waals surface area contributed by atoms with Crippen LogP contribution in [0.1, 0.15) is 19.4 Å². The Morgan fingerprint density at radius 2 is 1.67 bits per heavy atom. The number of nitrogens with zero attached hydrogens (tertiary/aromatic N) is 4. The Hall–Kier alpha value is -2.60. The molecule has 0 N–H and O–H groups in total. The Morgan fingerprint density at radius 3 is 2.30 bits per heavy atom. The molecule has 0 aliphatic heterocycles. The number of amides is 1. The Morgan fingerprint density at radius 1 is 1.00 bits per heavy atom. The quantitative estimate of drug-likeness (QED) is 0.552. The van der Waals surface area contributed by atoms with Crippen molar-refractivity contribution in [2.45, 2.75) is 32.1 Å². The van der Waals surface area contributed by atoms with E-state index < -0.39 is 0 Å². The maximum Gasteiger partial charge on any atom is 0.233 e. The van der Waals surface area contributed by atoms with Gasteiger partial charge in [0.15, 0.2) is 11.0 Å². The number of thioether (sulfide) groups is 1. The van der Waals surface area contributed by atoms with Gasteiger partial charge in [-0.3, -0.25) is 4.79 Å². The fourth-order valence-corrected chi connectivity index (χ4v) is 3.78. The molecule has 0 unspecified atom stereocenters. The minimum absolute atomic E-state index is 0.110. The predicted molar refractivity (Wildman–Crippen MR) is 109 cm³/mol. The highest BCUT2D eigenvalue weighted by atomic mass is 32.2. The smallest absolute Gasteiger partial charge is 0.233 e. The normalized spacial score (nSPS) is 10.7. The van der Waals surface area contributed by atoms with Crippen molar-refractivity contribution in [2.24, 2.45) is 0 Å². The lowest BCUT2D eigenvalue weighted by Gasteiger charge is -2.20. The van der Waals surface area contributed by atoms with Crippen LogP contribution in [0.2, 0.25) is 0 Å². The molecule has 0 atom stereocenters. The van der Waals surface area contributed by atoms with Crippen molar-refractivity contribution in [3.05, 3.63) is 66.2 Å². The number of rotatable bonds is 8. The zero-order valence-corrected chi connectivity index (χ0v) is 16.5. The van der Waals surface area contributed by atoms with Gasteiger partial charge >= 0.3 is 0 Å². The maximum absolute atomic E-state index is 12.7. The lowest BCUT2D eigenvalue weighted by molar-refractivity contribution is -0.128. The standard InChI is InChI=1S/C21H24N4OS/c1-3-24(15-17-11-7-5-8-12-17)19(26)16-27-21-23-22-20(25(21)4-2)18-13-9-6-10-14-18/h5-14H,3-4,15-16H2,1-2H3. The monoisotopic (exact) mass is 380 g/mol. The van der Waals surface area contributed by atoms with Gasteiger partial charge in [-0.15, -0.1) is 10.2 Å². The summed E-state index contributed by atoms with van der Waals surface area (Å²) < 4.78 is 2.06. The maximum atomic E-state index is 12.7. The summed E-state index contributed by atoms with van der Waals surface area (Å²) in [6.07, 6.45) is 0. The van der Waals surface area contributed by atoms with Gasteiger partial charge in [-0.05, 0) is 19.4 Å². The van der Waals surface area contributed by atoms with Gasteiger partial charge in [-0.1, -0.05) is 72.4 Å². The Labute approximate surface area is 164 Å². The first-order valence-electron chi connectivity index (χ1n) is 9.16. The van der Waals surface area contributed by atoms with E-state index in [1.807, 2.05) is 72.5 Å². The average molecular weight is 381 g/mol. The topological polar surface area (TPSA) is 51.0 Å². The Balaban J connectivity index is 1.67. The van der Waals surface area contributed by atoms with Crippen molar-refractivity contribution in [2.75, 3.05) is 12.3 Å². The van der Waals surface area contributed by atoms with Crippen molar-refractivity contribution in [1.82, 2.24) is 19.7 Å². The van der Waals surface area contributed by atoms with Crippen LogP contribution < -0.4 is 0 Å². The lowest BCUT2D eigenvalue weighted by atomic mass is 10.2. The summed E-state index contributed by atoms with van der Waals surface area (Å²) in [6, 6.07) is 20.1. The number of benzene rings is 2. The average Bonchev–Trinajstić information content (AvgIpc) is 3.14. The number of carbonyl (C=O) groups is 1. The molecule has 0 saturated carbocycles. The van der Waals surface area contributed by atoms with Crippen LogP contribution in [0.4, 0.5) is 0 Å². The number of carbonyl (C=O) groups excluding carboxylic acids is 1. The van der Waals surface area contributed by atoms with Crippen LogP contribution in [-0.4, -0.2) is 37.9 Å². The minimum Gasteiger partial charge on any atom is -0.338 e. The first-order chi connectivity index (χ1) is 13.2. The van der Waals surface area contributed by atoms with E-state index in [-0.39, 0.29) is 5.91 Å². The third-order valence-corrected chi connectivity index (χ3v) is 5.29. The molecule has 0 bridgehead atoms. The summed E-state index contributed by atoms with van der Waals surface area (Å²) in [6.45, 7) is 6.15. The molecule has 1 heterocycles. The molecule has 0 radical (unpaired) electrons. The molecule has 0 saturated heterocycles. The summed E-state index contributed by atoms with van der Waals surface area (Å²) in [5, 5.41) is 9.42. The third kappa shape index (κ3) is 4.77. The molecule has 0 aliphatic rings. The van der Waals surface area contributed by atoms with Crippen LogP contribution in [0.5, 0.6) is 0 Å². The van der Waals surface area contributed by atoms with Crippen LogP contribution >= 0.6 is 11.8 Å². The first kappa shape index (κ1) is 19.2. The van der Waals surface area contributed by atoms with Gasteiger partial charge in [-0.2, -0.15) is 0 Å². The fraction of sp³-hybridized carbons (Fsp3) is 0.286. The van der Waals surface area contributed by atoms with E-state index >= 15 is 0 Å². The summed E-state index contributed by atoms with van der Waals surface area (Å²) in [7, 11) is 0. The van der Waals surface area contributed by atoms with Crippen LogP contribution in [0.3, 0.4) is 0 Å². The van der Waals surface area contributed by atoms with E-state index in [1.165, 1.54) is 11.8 Å². The van der Waals surface area contributed by atoms with Gasteiger partial charge < -0.3 is 9.47 Å². The largest absolute Gasteiger partial charge is 0.338 e. The summed E-state index contributed by atoms with van der Waals surface area (Å²) in [5.74, 6) is 1.30. The highest BCUT2D eigenvalue weighted by Crippen LogP contribution is 2.24. The SMILES string of the molecule is CCN(Cc1ccccc1)C(=O)CSc1nnc(-c2ccccc2)n1CC. The number of hydrogen-bond acceptors (Lipinski definition) is 4. The van der Waals surface area contributed by atoms with E-state index in [0.29, 0.717) is 18.8 Å². The van der Waals surface area contributed by atoms with E-state index in [9.17, 15) is 4.79 Å². The molecule has 0 fully saturated rings. The van der Waals surface area contributed by atoms with Gasteiger partial charge in [0, 0.05) is 25.2 Å². The van der Waals surface area contributed by atoms with Gasteiger partial charge in [0.1, 0.15) is 0 Å². The van der Waals surface area contributed by atoms with Crippen molar-refractivity contribution in [3.63, 3.8) is 0 Å². The number of aromatic nitrogens is 3. The zero-order chi connectivity index (χ0) is 19.1.